The molecular formula is C32H40N8O. The molecule has 6 rings (SSSR count). The second-order valence-electron chi connectivity index (χ2n) is 13.4. The number of anilines is 2. The number of benzene rings is 1. The summed E-state index contributed by atoms with van der Waals surface area (Å²) in [6.45, 7) is 9.15. The molecule has 3 N–H and O–H groups in total. The third-order valence-electron chi connectivity index (χ3n) is 9.58. The summed E-state index contributed by atoms with van der Waals surface area (Å²) in [5, 5.41) is 28.1. The SMILES string of the molecule is Cn1cnnc1[C@]1(c2cccc(NC(=O)c3cc(CNCC4(C)CCC4)c4c(n3)C(C)(C)CN4)c2)C[C@H](CC#N)C1. The Balaban J connectivity index is 1.25. The molecule has 2 saturated carbocycles. The first-order valence-corrected chi connectivity index (χ1v) is 14.7. The number of pyridine rings is 1. The fourth-order valence-electron chi connectivity index (χ4n) is 6.94. The summed E-state index contributed by atoms with van der Waals surface area (Å²) in [4.78, 5) is 18.5. The molecule has 9 heteroatoms. The summed E-state index contributed by atoms with van der Waals surface area (Å²) in [5.41, 5.74) is 5.20. The van der Waals surface area contributed by atoms with Crippen LogP contribution in [0, 0.1) is 22.7 Å². The summed E-state index contributed by atoms with van der Waals surface area (Å²) in [7, 11) is 1.95. The predicted molar refractivity (Wildman–Crippen MR) is 159 cm³/mol. The maximum Gasteiger partial charge on any atom is 0.274 e. The number of fused-ring (bicyclic) bond motifs is 1. The highest BCUT2D eigenvalue weighted by Gasteiger charge is 2.49. The van der Waals surface area contributed by atoms with Crippen molar-refractivity contribution in [2.75, 3.05) is 23.7 Å². The molecular weight excluding hydrogens is 512 g/mol. The standard InChI is InChI=1S/C32H40N8O/c1-30(2)18-35-26-22(17-34-19-31(3)10-6-11-31)13-25(38-27(26)30)28(41)37-24-8-5-7-23(14-24)32(15-21(16-32)9-12-33)29-39-36-20-40(29)4/h5,7-8,13-14,20-21,34-35H,6,9-11,15-19H2,1-4H3,(H,37,41)/t21-,32+. The third kappa shape index (κ3) is 4.99. The van der Waals surface area contributed by atoms with Crippen LogP contribution in [0.15, 0.2) is 36.7 Å². The zero-order chi connectivity index (χ0) is 28.8. The lowest BCUT2D eigenvalue weighted by molar-refractivity contribution is 0.102. The Morgan fingerprint density at radius 1 is 1.22 bits per heavy atom. The topological polar surface area (TPSA) is 121 Å². The molecule has 0 unspecified atom stereocenters. The van der Waals surface area contributed by atoms with E-state index in [1.807, 2.05) is 35.9 Å². The molecule has 1 amide bonds. The molecule has 3 aromatic rings. The van der Waals surface area contributed by atoms with Gasteiger partial charge >= 0.3 is 0 Å². The Hall–Kier alpha value is -3.77. The van der Waals surface area contributed by atoms with E-state index >= 15 is 0 Å². The van der Waals surface area contributed by atoms with Crippen molar-refractivity contribution in [2.24, 2.45) is 18.4 Å². The molecule has 41 heavy (non-hydrogen) atoms. The van der Waals surface area contributed by atoms with Gasteiger partial charge in [0.15, 0.2) is 0 Å². The van der Waals surface area contributed by atoms with Crippen molar-refractivity contribution < 1.29 is 4.79 Å². The van der Waals surface area contributed by atoms with Crippen LogP contribution in [-0.4, -0.2) is 38.7 Å². The molecule has 3 aliphatic rings. The second-order valence-corrected chi connectivity index (χ2v) is 13.4. The fourth-order valence-corrected chi connectivity index (χ4v) is 6.94. The largest absolute Gasteiger partial charge is 0.382 e. The smallest absolute Gasteiger partial charge is 0.274 e. The minimum atomic E-state index is -0.328. The monoisotopic (exact) mass is 552 g/mol. The van der Waals surface area contributed by atoms with Crippen LogP contribution in [0.1, 0.15) is 92.4 Å². The fraction of sp³-hybridized carbons (Fsp3) is 0.531. The first kappa shape index (κ1) is 27.4. The minimum absolute atomic E-state index is 0.160. The van der Waals surface area contributed by atoms with Crippen LogP contribution in [0.4, 0.5) is 11.4 Å². The molecule has 0 atom stereocenters. The molecule has 0 bridgehead atoms. The van der Waals surface area contributed by atoms with Crippen molar-refractivity contribution in [3.8, 4) is 6.07 Å². The van der Waals surface area contributed by atoms with E-state index in [1.54, 1.807) is 6.33 Å². The van der Waals surface area contributed by atoms with Crippen molar-refractivity contribution in [3.63, 3.8) is 0 Å². The Morgan fingerprint density at radius 3 is 2.71 bits per heavy atom. The summed E-state index contributed by atoms with van der Waals surface area (Å²) in [5.74, 6) is 0.989. The lowest BCUT2D eigenvalue weighted by Crippen LogP contribution is -2.44. The summed E-state index contributed by atoms with van der Waals surface area (Å²) in [6.07, 6.45) is 7.75. The number of hydrogen-bond acceptors (Lipinski definition) is 7. The maximum absolute atomic E-state index is 13.7. The van der Waals surface area contributed by atoms with Crippen LogP contribution in [0.3, 0.4) is 0 Å². The van der Waals surface area contributed by atoms with E-state index in [2.05, 4.69) is 59.1 Å². The summed E-state index contributed by atoms with van der Waals surface area (Å²) in [6, 6.07) is 12.3. The van der Waals surface area contributed by atoms with E-state index in [0.717, 1.165) is 60.0 Å². The van der Waals surface area contributed by atoms with Crippen molar-refractivity contribution in [1.29, 1.82) is 5.26 Å². The van der Waals surface area contributed by atoms with Gasteiger partial charge < -0.3 is 20.5 Å². The van der Waals surface area contributed by atoms with Crippen molar-refractivity contribution in [3.05, 3.63) is 65.0 Å². The number of nitriles is 1. The molecule has 0 spiro atoms. The van der Waals surface area contributed by atoms with E-state index in [1.165, 1.54) is 19.3 Å². The van der Waals surface area contributed by atoms with Crippen LogP contribution in [0.5, 0.6) is 0 Å². The van der Waals surface area contributed by atoms with E-state index in [4.69, 9.17) is 4.98 Å². The maximum atomic E-state index is 13.7. The van der Waals surface area contributed by atoms with Gasteiger partial charge in [0, 0.05) is 44.2 Å². The van der Waals surface area contributed by atoms with Crippen molar-refractivity contribution in [2.45, 2.75) is 76.7 Å². The number of carbonyl (C=O) groups excluding carboxylic acids is 1. The highest BCUT2D eigenvalue weighted by atomic mass is 16.1. The number of amides is 1. The molecule has 2 fully saturated rings. The molecule has 1 aromatic carbocycles. The van der Waals surface area contributed by atoms with Crippen LogP contribution < -0.4 is 16.0 Å². The van der Waals surface area contributed by atoms with Gasteiger partial charge in [0.2, 0.25) is 0 Å². The van der Waals surface area contributed by atoms with Gasteiger partial charge in [0.05, 0.1) is 22.9 Å². The number of carbonyl (C=O) groups is 1. The normalized spacial score (nSPS) is 23.4. The Bertz CT molecular complexity index is 1510. The number of hydrogen-bond donors (Lipinski definition) is 3. The first-order valence-electron chi connectivity index (χ1n) is 14.7. The first-order chi connectivity index (χ1) is 19.6. The highest BCUT2D eigenvalue weighted by Crippen LogP contribution is 2.53. The van der Waals surface area contributed by atoms with Gasteiger partial charge in [-0.3, -0.25) is 4.79 Å². The zero-order valence-corrected chi connectivity index (χ0v) is 24.5. The number of aryl methyl sites for hydroxylation is 1. The van der Waals surface area contributed by atoms with E-state index in [-0.39, 0.29) is 16.7 Å². The molecule has 2 aliphatic carbocycles. The third-order valence-corrected chi connectivity index (χ3v) is 9.58. The lowest BCUT2D eigenvalue weighted by atomic mass is 9.57. The van der Waals surface area contributed by atoms with Gasteiger partial charge in [-0.1, -0.05) is 39.3 Å². The molecule has 1 aliphatic heterocycles. The van der Waals surface area contributed by atoms with Gasteiger partial charge in [0.1, 0.15) is 17.8 Å². The highest BCUT2D eigenvalue weighted by molar-refractivity contribution is 6.03. The summed E-state index contributed by atoms with van der Waals surface area (Å²) >= 11 is 0. The van der Waals surface area contributed by atoms with E-state index < -0.39 is 0 Å². The van der Waals surface area contributed by atoms with Gasteiger partial charge in [-0.15, -0.1) is 10.2 Å². The van der Waals surface area contributed by atoms with Crippen LogP contribution in [0.25, 0.3) is 0 Å². The van der Waals surface area contributed by atoms with Crippen LogP contribution in [-0.2, 0) is 24.4 Å². The molecule has 214 valence electrons. The van der Waals surface area contributed by atoms with Crippen LogP contribution >= 0.6 is 0 Å². The molecule has 3 heterocycles. The van der Waals surface area contributed by atoms with Gasteiger partial charge in [-0.05, 0) is 66.3 Å². The number of rotatable bonds is 9. The molecule has 2 aromatic heterocycles. The average Bonchev–Trinajstić information content (AvgIpc) is 3.47. The molecule has 0 saturated heterocycles. The molecule has 0 radical (unpaired) electrons. The van der Waals surface area contributed by atoms with Gasteiger partial charge in [-0.2, -0.15) is 5.26 Å². The summed E-state index contributed by atoms with van der Waals surface area (Å²) < 4.78 is 1.96. The van der Waals surface area contributed by atoms with Gasteiger partial charge in [-0.25, -0.2) is 4.98 Å². The van der Waals surface area contributed by atoms with Crippen molar-refractivity contribution in [1.82, 2.24) is 25.1 Å². The Kier molecular flexibility index (Phi) is 6.85. The quantitative estimate of drug-likeness (QED) is 0.340. The Morgan fingerprint density at radius 2 is 2.02 bits per heavy atom. The lowest BCUT2D eigenvalue weighted by Gasteiger charge is -2.46. The Labute approximate surface area is 242 Å². The predicted octanol–water partition coefficient (Wildman–Crippen LogP) is 5.06. The average molecular weight is 553 g/mol. The van der Waals surface area contributed by atoms with E-state index in [9.17, 15) is 10.1 Å². The van der Waals surface area contributed by atoms with E-state index in [0.29, 0.717) is 30.0 Å². The minimum Gasteiger partial charge on any atom is -0.382 e. The second kappa shape index (κ2) is 10.3. The number of nitrogens with one attached hydrogen (secondary N) is 3. The zero-order valence-electron chi connectivity index (χ0n) is 24.5. The van der Waals surface area contributed by atoms with Gasteiger partial charge in [0.25, 0.3) is 5.91 Å². The van der Waals surface area contributed by atoms with Crippen molar-refractivity contribution >= 4 is 17.3 Å². The van der Waals surface area contributed by atoms with Crippen LogP contribution in [0.2, 0.25) is 0 Å². The number of nitrogens with zero attached hydrogens (tertiary/aromatic N) is 5. The molecule has 9 nitrogen and oxygen atoms in total. The number of aromatic nitrogens is 4.